The third kappa shape index (κ3) is 2.83. The summed E-state index contributed by atoms with van der Waals surface area (Å²) in [5, 5.41) is 2.95. The molecule has 0 aliphatic carbocycles. The molecular formula is C11H14N2O3S. The first-order valence-electron chi connectivity index (χ1n) is 5.45. The highest BCUT2D eigenvalue weighted by Crippen LogP contribution is 2.09. The van der Waals surface area contributed by atoms with Gasteiger partial charge in [-0.1, -0.05) is 18.2 Å². The van der Waals surface area contributed by atoms with Gasteiger partial charge in [0.15, 0.2) is 0 Å². The monoisotopic (exact) mass is 254 g/mol. The molecule has 1 saturated heterocycles. The van der Waals surface area contributed by atoms with Crippen LogP contribution in [0.5, 0.6) is 0 Å². The van der Waals surface area contributed by atoms with E-state index in [1.165, 1.54) is 12.1 Å². The molecule has 0 bridgehead atoms. The molecular weight excluding hydrogens is 240 g/mol. The number of carbonyl (C=O) groups is 1. The largest absolute Gasteiger partial charge is 0.306 e. The zero-order valence-electron chi connectivity index (χ0n) is 9.22. The van der Waals surface area contributed by atoms with Gasteiger partial charge in [-0.15, -0.1) is 0 Å². The van der Waals surface area contributed by atoms with Crippen molar-refractivity contribution < 1.29 is 13.2 Å². The van der Waals surface area contributed by atoms with E-state index in [0.717, 1.165) is 13.0 Å². The summed E-state index contributed by atoms with van der Waals surface area (Å²) in [6.07, 6.45) is 1.57. The van der Waals surface area contributed by atoms with E-state index >= 15 is 0 Å². The van der Waals surface area contributed by atoms with Gasteiger partial charge in [-0.3, -0.25) is 4.79 Å². The first-order valence-corrected chi connectivity index (χ1v) is 6.93. The van der Waals surface area contributed by atoms with Crippen molar-refractivity contribution >= 4 is 15.9 Å². The molecule has 0 aromatic heterocycles. The van der Waals surface area contributed by atoms with Gasteiger partial charge in [-0.05, 0) is 31.5 Å². The predicted octanol–water partition coefficient (Wildman–Crippen LogP) is 0.243. The zero-order valence-corrected chi connectivity index (χ0v) is 10.0. The van der Waals surface area contributed by atoms with Crippen molar-refractivity contribution in [2.45, 2.75) is 23.8 Å². The van der Waals surface area contributed by atoms with Gasteiger partial charge in [-0.2, -0.15) is 0 Å². The molecule has 92 valence electrons. The fourth-order valence-electron chi connectivity index (χ4n) is 1.77. The lowest BCUT2D eigenvalue weighted by Crippen LogP contribution is -2.43. The van der Waals surface area contributed by atoms with E-state index in [4.69, 9.17) is 0 Å². The van der Waals surface area contributed by atoms with Crippen LogP contribution in [-0.2, 0) is 14.8 Å². The quantitative estimate of drug-likeness (QED) is 0.810. The Hall–Kier alpha value is -1.40. The highest BCUT2D eigenvalue weighted by Gasteiger charge is 2.26. The third-order valence-electron chi connectivity index (χ3n) is 2.67. The van der Waals surface area contributed by atoms with Gasteiger partial charge >= 0.3 is 0 Å². The molecule has 0 spiro atoms. The number of sulfonamides is 1. The second-order valence-corrected chi connectivity index (χ2v) is 5.61. The van der Waals surface area contributed by atoms with Crippen LogP contribution >= 0.6 is 0 Å². The smallest absolute Gasteiger partial charge is 0.264 e. The molecule has 1 fully saturated rings. The molecule has 0 saturated carbocycles. The van der Waals surface area contributed by atoms with E-state index in [9.17, 15) is 13.2 Å². The van der Waals surface area contributed by atoms with E-state index in [0.29, 0.717) is 6.42 Å². The molecule has 0 radical (unpaired) electrons. The van der Waals surface area contributed by atoms with Crippen LogP contribution in [0.4, 0.5) is 0 Å². The predicted molar refractivity (Wildman–Crippen MR) is 62.8 cm³/mol. The summed E-state index contributed by atoms with van der Waals surface area (Å²) in [5.41, 5.74) is 0. The summed E-state index contributed by atoms with van der Waals surface area (Å²) in [7, 11) is -3.74. The Morgan fingerprint density at radius 3 is 2.59 bits per heavy atom. The van der Waals surface area contributed by atoms with E-state index < -0.39 is 22.0 Å². The van der Waals surface area contributed by atoms with Crippen molar-refractivity contribution in [3.05, 3.63) is 30.3 Å². The standard InChI is InChI=1S/C11H14N2O3S/c14-11(10-7-4-8-12-10)13-17(15,16)9-5-2-1-3-6-9/h1-3,5-6,10,12H,4,7-8H2,(H,13,14). The SMILES string of the molecule is O=C(NS(=O)(=O)c1ccccc1)C1CCCN1. The zero-order chi connectivity index (χ0) is 12.3. The van der Waals surface area contributed by atoms with Gasteiger partial charge in [0.05, 0.1) is 10.9 Å². The molecule has 5 nitrogen and oxygen atoms in total. The average molecular weight is 254 g/mol. The van der Waals surface area contributed by atoms with E-state index in [-0.39, 0.29) is 4.90 Å². The van der Waals surface area contributed by atoms with Crippen LogP contribution in [0, 0.1) is 0 Å². The normalized spacial score (nSPS) is 20.1. The van der Waals surface area contributed by atoms with Crippen molar-refractivity contribution in [2.75, 3.05) is 6.54 Å². The van der Waals surface area contributed by atoms with Crippen LogP contribution in [0.1, 0.15) is 12.8 Å². The van der Waals surface area contributed by atoms with Gasteiger partial charge in [0, 0.05) is 0 Å². The van der Waals surface area contributed by atoms with Crippen molar-refractivity contribution in [2.24, 2.45) is 0 Å². The lowest BCUT2D eigenvalue weighted by atomic mass is 10.2. The first kappa shape index (κ1) is 12.1. The number of hydrogen-bond donors (Lipinski definition) is 2. The first-order chi connectivity index (χ1) is 8.09. The highest BCUT2D eigenvalue weighted by atomic mass is 32.2. The Morgan fingerprint density at radius 2 is 2.00 bits per heavy atom. The lowest BCUT2D eigenvalue weighted by molar-refractivity contribution is -0.121. The minimum absolute atomic E-state index is 0.103. The Morgan fingerprint density at radius 1 is 1.29 bits per heavy atom. The summed E-state index contributed by atoms with van der Waals surface area (Å²) >= 11 is 0. The Kier molecular flexibility index (Phi) is 3.44. The van der Waals surface area contributed by atoms with Gasteiger partial charge in [0.1, 0.15) is 0 Å². The Labute approximate surface area is 100 Å². The van der Waals surface area contributed by atoms with Crippen LogP contribution in [0.25, 0.3) is 0 Å². The summed E-state index contributed by atoms with van der Waals surface area (Å²) in [6.45, 7) is 0.753. The molecule has 1 aromatic carbocycles. The number of amides is 1. The summed E-state index contributed by atoms with van der Waals surface area (Å²) < 4.78 is 25.8. The molecule has 1 atom stereocenters. The van der Waals surface area contributed by atoms with Crippen LogP contribution in [0.2, 0.25) is 0 Å². The molecule has 1 unspecified atom stereocenters. The van der Waals surface area contributed by atoms with Crippen molar-refractivity contribution in [1.82, 2.24) is 10.0 Å². The number of carbonyl (C=O) groups excluding carboxylic acids is 1. The van der Waals surface area contributed by atoms with E-state index in [1.54, 1.807) is 18.2 Å². The molecule has 6 heteroatoms. The van der Waals surface area contributed by atoms with Gasteiger partial charge < -0.3 is 5.32 Å². The molecule has 2 N–H and O–H groups in total. The van der Waals surface area contributed by atoms with Crippen LogP contribution in [0.15, 0.2) is 35.2 Å². The molecule has 2 rings (SSSR count). The molecule has 1 aliphatic heterocycles. The molecule has 1 aliphatic rings. The number of nitrogens with one attached hydrogen (secondary N) is 2. The number of hydrogen-bond acceptors (Lipinski definition) is 4. The van der Waals surface area contributed by atoms with Crippen molar-refractivity contribution in [3.8, 4) is 0 Å². The van der Waals surface area contributed by atoms with Crippen LogP contribution in [0.3, 0.4) is 0 Å². The summed E-state index contributed by atoms with van der Waals surface area (Å²) in [4.78, 5) is 11.8. The maximum atomic E-state index is 11.8. The van der Waals surface area contributed by atoms with Gasteiger partial charge in [0.25, 0.3) is 15.9 Å². The average Bonchev–Trinajstić information content (AvgIpc) is 2.83. The number of rotatable bonds is 3. The molecule has 1 heterocycles. The van der Waals surface area contributed by atoms with Crippen molar-refractivity contribution in [3.63, 3.8) is 0 Å². The second-order valence-electron chi connectivity index (χ2n) is 3.93. The molecule has 17 heavy (non-hydrogen) atoms. The van der Waals surface area contributed by atoms with E-state index in [1.807, 2.05) is 0 Å². The number of benzene rings is 1. The minimum atomic E-state index is -3.74. The molecule has 1 aromatic rings. The van der Waals surface area contributed by atoms with E-state index in [2.05, 4.69) is 10.0 Å². The highest BCUT2D eigenvalue weighted by molar-refractivity contribution is 7.90. The fourth-order valence-corrected chi connectivity index (χ4v) is 2.81. The lowest BCUT2D eigenvalue weighted by Gasteiger charge is -2.11. The van der Waals surface area contributed by atoms with Crippen molar-refractivity contribution in [1.29, 1.82) is 0 Å². The minimum Gasteiger partial charge on any atom is -0.306 e. The summed E-state index contributed by atoms with van der Waals surface area (Å²) in [6, 6.07) is 7.47. The van der Waals surface area contributed by atoms with Gasteiger partial charge in [0.2, 0.25) is 0 Å². The molecule has 1 amide bonds. The van der Waals surface area contributed by atoms with Gasteiger partial charge in [-0.25, -0.2) is 13.1 Å². The van der Waals surface area contributed by atoms with Crippen LogP contribution in [-0.4, -0.2) is 26.9 Å². The maximum absolute atomic E-state index is 11.8. The Balaban J connectivity index is 2.10. The maximum Gasteiger partial charge on any atom is 0.264 e. The second kappa shape index (κ2) is 4.85. The summed E-state index contributed by atoms with van der Waals surface area (Å²) in [5.74, 6) is -0.480. The Bertz CT molecular complexity index is 493. The fraction of sp³-hybridized carbons (Fsp3) is 0.364. The third-order valence-corrected chi connectivity index (χ3v) is 4.03. The topological polar surface area (TPSA) is 75.3 Å². The van der Waals surface area contributed by atoms with Crippen LogP contribution < -0.4 is 10.0 Å².